The summed E-state index contributed by atoms with van der Waals surface area (Å²) in [5, 5.41) is 13.7. The summed E-state index contributed by atoms with van der Waals surface area (Å²) in [5.41, 5.74) is 0. The fourth-order valence-corrected chi connectivity index (χ4v) is 3.36. The van der Waals surface area contributed by atoms with Gasteiger partial charge in [-0.25, -0.2) is 9.67 Å². The average Bonchev–Trinajstić information content (AvgIpc) is 3.03. The van der Waals surface area contributed by atoms with Crippen molar-refractivity contribution in [2.75, 3.05) is 6.54 Å². The number of likely N-dealkylation sites (tertiary alicyclic amines) is 1. The van der Waals surface area contributed by atoms with E-state index in [0.29, 0.717) is 25.0 Å². The predicted octanol–water partition coefficient (Wildman–Crippen LogP) is 1.47. The minimum absolute atomic E-state index is 0.302. The van der Waals surface area contributed by atoms with Gasteiger partial charge in [-0.15, -0.1) is 0 Å². The molecule has 6 heteroatoms. The maximum Gasteiger partial charge on any atom is 0.308 e. The molecule has 0 radical (unpaired) electrons. The van der Waals surface area contributed by atoms with Crippen LogP contribution in [0.4, 0.5) is 0 Å². The van der Waals surface area contributed by atoms with Gasteiger partial charge in [0, 0.05) is 12.5 Å². The van der Waals surface area contributed by atoms with Crippen molar-refractivity contribution in [1.82, 2.24) is 19.7 Å². The van der Waals surface area contributed by atoms with E-state index in [2.05, 4.69) is 28.8 Å². The van der Waals surface area contributed by atoms with E-state index in [1.165, 1.54) is 6.42 Å². The number of hydrogen-bond donors (Lipinski definition) is 1. The summed E-state index contributed by atoms with van der Waals surface area (Å²) >= 11 is 0. The second-order valence-electron chi connectivity index (χ2n) is 6.13. The number of carboxylic acid groups (broad SMARTS) is 1. The molecular weight excluding hydrogens is 256 g/mol. The van der Waals surface area contributed by atoms with Crippen LogP contribution in [-0.4, -0.2) is 43.3 Å². The van der Waals surface area contributed by atoms with Gasteiger partial charge in [0.2, 0.25) is 0 Å². The zero-order chi connectivity index (χ0) is 14.3. The Morgan fingerprint density at radius 1 is 1.40 bits per heavy atom. The summed E-state index contributed by atoms with van der Waals surface area (Å²) in [6.45, 7) is 5.97. The van der Waals surface area contributed by atoms with Gasteiger partial charge in [0.25, 0.3) is 0 Å². The van der Waals surface area contributed by atoms with Gasteiger partial charge in [0.05, 0.1) is 18.5 Å². The highest BCUT2D eigenvalue weighted by atomic mass is 16.4. The monoisotopic (exact) mass is 278 g/mol. The van der Waals surface area contributed by atoms with Crippen LogP contribution >= 0.6 is 0 Å². The first kappa shape index (κ1) is 13.5. The Balaban J connectivity index is 1.82. The first-order valence-electron chi connectivity index (χ1n) is 7.48. The molecule has 1 fully saturated rings. The van der Waals surface area contributed by atoms with Crippen molar-refractivity contribution < 1.29 is 9.90 Å². The lowest BCUT2D eigenvalue weighted by molar-refractivity contribution is -0.142. The second-order valence-corrected chi connectivity index (χ2v) is 6.13. The van der Waals surface area contributed by atoms with Crippen molar-refractivity contribution in [2.45, 2.75) is 58.2 Å². The maximum atomic E-state index is 11.1. The molecule has 0 bridgehead atoms. The van der Waals surface area contributed by atoms with E-state index in [-0.39, 0.29) is 5.92 Å². The number of carbonyl (C=O) groups is 1. The number of nitrogens with zero attached hydrogens (tertiary/aromatic N) is 4. The minimum Gasteiger partial charge on any atom is -0.481 e. The molecule has 20 heavy (non-hydrogen) atoms. The lowest BCUT2D eigenvalue weighted by Crippen LogP contribution is -2.31. The predicted molar refractivity (Wildman–Crippen MR) is 73.3 cm³/mol. The van der Waals surface area contributed by atoms with Crippen LogP contribution in [-0.2, 0) is 17.8 Å². The first-order valence-corrected chi connectivity index (χ1v) is 7.48. The molecule has 3 rings (SSSR count). The standard InChI is InChI=1S/C14H22N4O2/c1-9(2)17-7-3-4-11(17)13-15-12-6-5-10(14(19)20)8-18(12)16-13/h9-11H,3-8H2,1-2H3,(H,19,20). The highest BCUT2D eigenvalue weighted by molar-refractivity contribution is 5.70. The number of carboxylic acids is 1. The van der Waals surface area contributed by atoms with Crippen molar-refractivity contribution >= 4 is 5.97 Å². The van der Waals surface area contributed by atoms with Crippen LogP contribution in [0.15, 0.2) is 0 Å². The smallest absolute Gasteiger partial charge is 0.308 e. The first-order chi connectivity index (χ1) is 9.56. The van der Waals surface area contributed by atoms with Crippen molar-refractivity contribution in [2.24, 2.45) is 5.92 Å². The molecule has 0 saturated carbocycles. The third-order valence-electron chi connectivity index (χ3n) is 4.48. The van der Waals surface area contributed by atoms with Crippen molar-refractivity contribution in [3.8, 4) is 0 Å². The SMILES string of the molecule is CC(C)N1CCCC1c1nc2n(n1)CC(C(=O)O)CC2. The van der Waals surface area contributed by atoms with Gasteiger partial charge in [-0.3, -0.25) is 9.69 Å². The van der Waals surface area contributed by atoms with Gasteiger partial charge in [-0.05, 0) is 39.7 Å². The van der Waals surface area contributed by atoms with Crippen LogP contribution in [0.5, 0.6) is 0 Å². The normalized spacial score (nSPS) is 26.9. The molecule has 2 aliphatic heterocycles. The van der Waals surface area contributed by atoms with Crippen molar-refractivity contribution in [1.29, 1.82) is 0 Å². The minimum atomic E-state index is -0.725. The molecule has 1 aromatic heterocycles. The van der Waals surface area contributed by atoms with Crippen LogP contribution < -0.4 is 0 Å². The number of fused-ring (bicyclic) bond motifs is 1. The molecule has 0 spiro atoms. The molecular formula is C14H22N4O2. The van der Waals surface area contributed by atoms with Gasteiger partial charge < -0.3 is 5.11 Å². The molecule has 6 nitrogen and oxygen atoms in total. The molecule has 0 aromatic carbocycles. The third kappa shape index (κ3) is 2.32. The number of aromatic nitrogens is 3. The second kappa shape index (κ2) is 5.16. The lowest BCUT2D eigenvalue weighted by atomic mass is 10.0. The summed E-state index contributed by atoms with van der Waals surface area (Å²) in [5.74, 6) is 0.796. The summed E-state index contributed by atoms with van der Waals surface area (Å²) in [6, 6.07) is 0.797. The average molecular weight is 278 g/mol. The van der Waals surface area contributed by atoms with Crippen LogP contribution in [0.25, 0.3) is 0 Å². The number of aryl methyl sites for hydroxylation is 1. The van der Waals surface area contributed by atoms with E-state index >= 15 is 0 Å². The molecule has 2 unspecified atom stereocenters. The van der Waals surface area contributed by atoms with E-state index in [0.717, 1.165) is 31.0 Å². The van der Waals surface area contributed by atoms with Crippen LogP contribution in [0.1, 0.15) is 50.8 Å². The molecule has 0 aliphatic carbocycles. The largest absolute Gasteiger partial charge is 0.481 e. The quantitative estimate of drug-likeness (QED) is 0.906. The fraction of sp³-hybridized carbons (Fsp3) is 0.786. The Morgan fingerprint density at radius 2 is 2.20 bits per heavy atom. The zero-order valence-electron chi connectivity index (χ0n) is 12.1. The fourth-order valence-electron chi connectivity index (χ4n) is 3.36. The van der Waals surface area contributed by atoms with E-state index in [1.807, 2.05) is 4.68 Å². The highest BCUT2D eigenvalue weighted by Crippen LogP contribution is 2.32. The van der Waals surface area contributed by atoms with E-state index in [1.54, 1.807) is 0 Å². The van der Waals surface area contributed by atoms with Crippen LogP contribution in [0.3, 0.4) is 0 Å². The molecule has 1 aromatic rings. The molecule has 2 aliphatic rings. The summed E-state index contributed by atoms with van der Waals surface area (Å²) in [7, 11) is 0. The van der Waals surface area contributed by atoms with E-state index in [4.69, 9.17) is 5.11 Å². The van der Waals surface area contributed by atoms with Crippen molar-refractivity contribution in [3.05, 3.63) is 11.6 Å². The maximum absolute atomic E-state index is 11.1. The zero-order valence-corrected chi connectivity index (χ0v) is 12.1. The van der Waals surface area contributed by atoms with E-state index < -0.39 is 5.97 Å². The Labute approximate surface area is 118 Å². The van der Waals surface area contributed by atoms with Gasteiger partial charge in [-0.1, -0.05) is 0 Å². The van der Waals surface area contributed by atoms with Crippen LogP contribution in [0, 0.1) is 5.92 Å². The number of aliphatic carboxylic acids is 1. The Kier molecular flexibility index (Phi) is 3.50. The highest BCUT2D eigenvalue weighted by Gasteiger charge is 2.33. The van der Waals surface area contributed by atoms with Gasteiger partial charge in [0.15, 0.2) is 5.82 Å². The number of rotatable bonds is 3. The molecule has 1 saturated heterocycles. The van der Waals surface area contributed by atoms with E-state index in [9.17, 15) is 4.79 Å². The summed E-state index contributed by atoms with van der Waals surface area (Å²) in [4.78, 5) is 18.2. The molecule has 110 valence electrons. The Bertz CT molecular complexity index is 511. The Hall–Kier alpha value is -1.43. The summed E-state index contributed by atoms with van der Waals surface area (Å²) in [6.07, 6.45) is 3.68. The summed E-state index contributed by atoms with van der Waals surface area (Å²) < 4.78 is 1.81. The lowest BCUT2D eigenvalue weighted by Gasteiger charge is -2.26. The molecule has 3 heterocycles. The van der Waals surface area contributed by atoms with Crippen LogP contribution in [0.2, 0.25) is 0 Å². The van der Waals surface area contributed by atoms with Crippen molar-refractivity contribution in [3.63, 3.8) is 0 Å². The third-order valence-corrected chi connectivity index (χ3v) is 4.48. The molecule has 1 N–H and O–H groups in total. The Morgan fingerprint density at radius 3 is 2.90 bits per heavy atom. The number of hydrogen-bond acceptors (Lipinski definition) is 4. The molecule has 2 atom stereocenters. The van der Waals surface area contributed by atoms with Gasteiger partial charge >= 0.3 is 5.97 Å². The molecule has 0 amide bonds. The topological polar surface area (TPSA) is 71.2 Å². The van der Waals surface area contributed by atoms with Gasteiger partial charge in [0.1, 0.15) is 5.82 Å². The van der Waals surface area contributed by atoms with Gasteiger partial charge in [-0.2, -0.15) is 5.10 Å².